The molecule has 2 fully saturated rings. The van der Waals surface area contributed by atoms with Crippen LogP contribution in [-0.2, 0) is 11.2 Å². The first-order valence-corrected chi connectivity index (χ1v) is 10.6. The molecule has 5 heteroatoms. The predicted molar refractivity (Wildman–Crippen MR) is 115 cm³/mol. The molecule has 0 aromatic heterocycles. The fourth-order valence-corrected chi connectivity index (χ4v) is 3.78. The van der Waals surface area contributed by atoms with Gasteiger partial charge in [0.2, 0.25) is 5.91 Å². The number of aryl methyl sites for hydroxylation is 1. The van der Waals surface area contributed by atoms with Gasteiger partial charge in [0.25, 0.3) is 5.91 Å². The van der Waals surface area contributed by atoms with Gasteiger partial charge in [-0.2, -0.15) is 0 Å². The predicted octanol–water partition coefficient (Wildman–Crippen LogP) is 3.34. The number of piperazine rings is 1. The zero-order chi connectivity index (χ0) is 20.2. The number of carbonyl (C=O) groups is 2. The number of hydrogen-bond acceptors (Lipinski definition) is 3. The molecule has 1 aliphatic carbocycles. The zero-order valence-corrected chi connectivity index (χ0v) is 17.1. The van der Waals surface area contributed by atoms with Gasteiger partial charge in [0.1, 0.15) is 0 Å². The Bertz CT molecular complexity index is 866. The molecule has 2 aromatic rings. The summed E-state index contributed by atoms with van der Waals surface area (Å²) in [6.45, 7) is 6.54. The van der Waals surface area contributed by atoms with Gasteiger partial charge in [-0.1, -0.05) is 29.8 Å². The van der Waals surface area contributed by atoms with E-state index in [4.69, 9.17) is 0 Å². The van der Waals surface area contributed by atoms with E-state index < -0.39 is 0 Å². The van der Waals surface area contributed by atoms with E-state index >= 15 is 0 Å². The third-order valence-corrected chi connectivity index (χ3v) is 5.83. The average molecular weight is 392 g/mol. The highest BCUT2D eigenvalue weighted by molar-refractivity contribution is 6.04. The quantitative estimate of drug-likeness (QED) is 0.822. The van der Waals surface area contributed by atoms with E-state index in [9.17, 15) is 9.59 Å². The third kappa shape index (κ3) is 5.24. The van der Waals surface area contributed by atoms with Crippen LogP contribution < -0.4 is 5.32 Å². The third-order valence-electron chi connectivity index (χ3n) is 5.83. The Kier molecular flexibility index (Phi) is 5.95. The molecule has 0 radical (unpaired) electrons. The monoisotopic (exact) mass is 391 g/mol. The van der Waals surface area contributed by atoms with Gasteiger partial charge in [0.15, 0.2) is 0 Å². The van der Waals surface area contributed by atoms with Crippen molar-refractivity contribution >= 4 is 17.5 Å². The Hall–Kier alpha value is -2.66. The van der Waals surface area contributed by atoms with E-state index in [0.29, 0.717) is 17.4 Å². The van der Waals surface area contributed by atoms with Gasteiger partial charge in [0, 0.05) is 49.9 Å². The van der Waals surface area contributed by atoms with Crippen LogP contribution in [0.2, 0.25) is 0 Å². The molecule has 1 saturated heterocycles. The van der Waals surface area contributed by atoms with E-state index in [1.54, 1.807) is 0 Å². The summed E-state index contributed by atoms with van der Waals surface area (Å²) in [5.74, 6) is 0.593. The number of hydrogen-bond donors (Lipinski definition) is 1. The summed E-state index contributed by atoms with van der Waals surface area (Å²) < 4.78 is 0. The van der Waals surface area contributed by atoms with Crippen molar-refractivity contribution in [3.8, 4) is 0 Å². The van der Waals surface area contributed by atoms with Crippen molar-refractivity contribution in [3.05, 3.63) is 65.2 Å². The summed E-state index contributed by atoms with van der Waals surface area (Å²) >= 11 is 0. The summed E-state index contributed by atoms with van der Waals surface area (Å²) in [7, 11) is 0. The van der Waals surface area contributed by atoms with Gasteiger partial charge >= 0.3 is 0 Å². The number of carbonyl (C=O) groups excluding carboxylic acids is 2. The van der Waals surface area contributed by atoms with Crippen LogP contribution in [0.4, 0.5) is 5.69 Å². The first kappa shape index (κ1) is 19.6. The van der Waals surface area contributed by atoms with Gasteiger partial charge in [-0.15, -0.1) is 0 Å². The molecule has 0 spiro atoms. The molecule has 2 amide bonds. The Morgan fingerprint density at radius 3 is 2.41 bits per heavy atom. The first-order valence-electron chi connectivity index (χ1n) is 10.6. The summed E-state index contributed by atoms with van der Waals surface area (Å²) in [4.78, 5) is 29.2. The molecule has 4 rings (SSSR count). The SMILES string of the molecule is Cc1ccc(NC(=O)c2cccc(CCN3CCN(C(=O)C4CC4)CC3)c2)cc1. The minimum Gasteiger partial charge on any atom is -0.340 e. The lowest BCUT2D eigenvalue weighted by Gasteiger charge is -2.34. The molecule has 29 heavy (non-hydrogen) atoms. The van der Waals surface area contributed by atoms with Crippen molar-refractivity contribution < 1.29 is 9.59 Å². The second-order valence-electron chi connectivity index (χ2n) is 8.21. The highest BCUT2D eigenvalue weighted by Crippen LogP contribution is 2.31. The first-order chi connectivity index (χ1) is 14.1. The van der Waals surface area contributed by atoms with E-state index in [2.05, 4.69) is 16.3 Å². The minimum atomic E-state index is -0.0806. The summed E-state index contributed by atoms with van der Waals surface area (Å²) in [5.41, 5.74) is 3.83. The summed E-state index contributed by atoms with van der Waals surface area (Å²) in [5, 5.41) is 2.96. The van der Waals surface area contributed by atoms with E-state index in [-0.39, 0.29) is 5.91 Å². The summed E-state index contributed by atoms with van der Waals surface area (Å²) in [6, 6.07) is 15.7. The van der Waals surface area contributed by atoms with E-state index in [1.807, 2.05) is 54.3 Å². The molecule has 152 valence electrons. The number of nitrogens with one attached hydrogen (secondary N) is 1. The highest BCUT2D eigenvalue weighted by atomic mass is 16.2. The van der Waals surface area contributed by atoms with Crippen LogP contribution in [0.1, 0.15) is 34.3 Å². The van der Waals surface area contributed by atoms with E-state index in [0.717, 1.165) is 63.2 Å². The lowest BCUT2D eigenvalue weighted by Crippen LogP contribution is -2.49. The van der Waals surface area contributed by atoms with Gasteiger partial charge in [0.05, 0.1) is 0 Å². The van der Waals surface area contributed by atoms with Crippen LogP contribution in [0.5, 0.6) is 0 Å². The Morgan fingerprint density at radius 2 is 1.72 bits per heavy atom. The maximum atomic E-state index is 12.6. The number of nitrogens with zero attached hydrogens (tertiary/aromatic N) is 2. The van der Waals surface area contributed by atoms with Crippen molar-refractivity contribution in [3.63, 3.8) is 0 Å². The maximum Gasteiger partial charge on any atom is 0.255 e. The number of benzene rings is 2. The van der Waals surface area contributed by atoms with Crippen LogP contribution >= 0.6 is 0 Å². The minimum absolute atomic E-state index is 0.0806. The largest absolute Gasteiger partial charge is 0.340 e. The number of rotatable bonds is 6. The Balaban J connectivity index is 1.27. The lowest BCUT2D eigenvalue weighted by molar-refractivity contribution is -0.134. The molecule has 0 bridgehead atoms. The molecule has 0 atom stereocenters. The van der Waals surface area contributed by atoms with Gasteiger partial charge in [-0.3, -0.25) is 14.5 Å². The van der Waals surface area contributed by atoms with Crippen LogP contribution in [0.3, 0.4) is 0 Å². The van der Waals surface area contributed by atoms with Gasteiger partial charge in [-0.25, -0.2) is 0 Å². The zero-order valence-electron chi connectivity index (χ0n) is 17.1. The second kappa shape index (κ2) is 8.78. The average Bonchev–Trinajstić information content (AvgIpc) is 3.59. The lowest BCUT2D eigenvalue weighted by atomic mass is 10.1. The molecule has 2 aromatic carbocycles. The van der Waals surface area contributed by atoms with E-state index in [1.165, 1.54) is 5.56 Å². The molecule has 5 nitrogen and oxygen atoms in total. The molecule has 1 aliphatic heterocycles. The number of anilines is 1. The van der Waals surface area contributed by atoms with Crippen molar-refractivity contribution in [1.82, 2.24) is 9.80 Å². The standard InChI is InChI=1S/C24H29N3O2/c1-18-5-9-22(10-6-18)25-23(28)21-4-2-3-19(17-21)11-12-26-13-15-27(16-14-26)24(29)20-7-8-20/h2-6,9-10,17,20H,7-8,11-16H2,1H3,(H,25,28). The topological polar surface area (TPSA) is 52.7 Å². The van der Waals surface area contributed by atoms with Crippen molar-refractivity contribution in [2.24, 2.45) is 5.92 Å². The molecule has 1 N–H and O–H groups in total. The van der Waals surface area contributed by atoms with Gasteiger partial charge in [-0.05, 0) is 56.0 Å². The molecular formula is C24H29N3O2. The molecule has 1 saturated carbocycles. The summed E-state index contributed by atoms with van der Waals surface area (Å²) in [6.07, 6.45) is 3.06. The molecular weight excluding hydrogens is 362 g/mol. The smallest absolute Gasteiger partial charge is 0.255 e. The van der Waals surface area contributed by atoms with Gasteiger partial charge < -0.3 is 10.2 Å². The van der Waals surface area contributed by atoms with Crippen LogP contribution in [0.25, 0.3) is 0 Å². The molecule has 1 heterocycles. The number of amides is 2. The maximum absolute atomic E-state index is 12.6. The molecule has 0 unspecified atom stereocenters. The van der Waals surface area contributed by atoms with Crippen molar-refractivity contribution in [2.45, 2.75) is 26.2 Å². The van der Waals surface area contributed by atoms with Crippen molar-refractivity contribution in [1.29, 1.82) is 0 Å². The molecule has 2 aliphatic rings. The van der Waals surface area contributed by atoms with Crippen molar-refractivity contribution in [2.75, 3.05) is 38.0 Å². The fourth-order valence-electron chi connectivity index (χ4n) is 3.78. The van der Waals surface area contributed by atoms with Crippen LogP contribution in [0, 0.1) is 12.8 Å². The second-order valence-corrected chi connectivity index (χ2v) is 8.21. The normalized spacial score (nSPS) is 17.2. The Morgan fingerprint density at radius 1 is 1.00 bits per heavy atom. The highest BCUT2D eigenvalue weighted by Gasteiger charge is 2.34. The van der Waals surface area contributed by atoms with Crippen LogP contribution in [-0.4, -0.2) is 54.3 Å². The fraction of sp³-hybridized carbons (Fsp3) is 0.417. The van der Waals surface area contributed by atoms with Crippen LogP contribution in [0.15, 0.2) is 48.5 Å². The Labute approximate surface area is 172 Å².